The van der Waals surface area contributed by atoms with Crippen molar-refractivity contribution >= 4 is 0 Å². The lowest BCUT2D eigenvalue weighted by atomic mass is 10.1. The second-order valence-electron chi connectivity index (χ2n) is 3.07. The van der Waals surface area contributed by atoms with E-state index in [1.165, 1.54) is 0 Å². The first-order valence-electron chi connectivity index (χ1n) is 5.17. The van der Waals surface area contributed by atoms with Crippen molar-refractivity contribution in [2.24, 2.45) is 5.92 Å². The smallest absolute Gasteiger partial charge is 0.0988 e. The SMILES string of the molecule is C#CC/C(C)=C/C(C#N)=C\C1C=C1.CC. The summed E-state index contributed by atoms with van der Waals surface area (Å²) in [6, 6.07) is 2.14. The van der Waals surface area contributed by atoms with E-state index in [0.717, 1.165) is 5.57 Å². The van der Waals surface area contributed by atoms with Crippen molar-refractivity contribution in [2.45, 2.75) is 27.2 Å². The number of hydrogen-bond acceptors (Lipinski definition) is 1. The number of nitrogens with zero attached hydrogens (tertiary/aromatic N) is 1. The van der Waals surface area contributed by atoms with Gasteiger partial charge in [0, 0.05) is 17.9 Å². The summed E-state index contributed by atoms with van der Waals surface area (Å²) in [5, 5.41) is 8.78. The van der Waals surface area contributed by atoms with Crippen LogP contribution in [-0.4, -0.2) is 0 Å². The Kier molecular flexibility index (Phi) is 6.77. The Morgan fingerprint density at radius 1 is 1.47 bits per heavy atom. The summed E-state index contributed by atoms with van der Waals surface area (Å²) in [6.07, 6.45) is 13.6. The van der Waals surface area contributed by atoms with E-state index < -0.39 is 0 Å². The lowest BCUT2D eigenvalue weighted by Crippen LogP contribution is -1.79. The fraction of sp³-hybridized carbons (Fsp3) is 0.357. The van der Waals surface area contributed by atoms with E-state index in [4.69, 9.17) is 11.7 Å². The minimum Gasteiger partial charge on any atom is -0.192 e. The second kappa shape index (κ2) is 7.65. The molecule has 0 heterocycles. The highest BCUT2D eigenvalue weighted by Gasteiger charge is 2.07. The highest BCUT2D eigenvalue weighted by Crippen LogP contribution is 2.20. The molecule has 0 bridgehead atoms. The van der Waals surface area contributed by atoms with Gasteiger partial charge in [0.05, 0.1) is 6.07 Å². The monoisotopic (exact) mass is 199 g/mol. The molecule has 0 saturated carbocycles. The zero-order chi connectivity index (χ0) is 11.7. The van der Waals surface area contributed by atoms with Crippen LogP contribution < -0.4 is 0 Å². The molecule has 15 heavy (non-hydrogen) atoms. The molecule has 0 aliphatic heterocycles. The van der Waals surface area contributed by atoms with Gasteiger partial charge in [0.2, 0.25) is 0 Å². The summed E-state index contributed by atoms with van der Waals surface area (Å²) in [7, 11) is 0. The quantitative estimate of drug-likeness (QED) is 0.295. The molecule has 78 valence electrons. The van der Waals surface area contributed by atoms with Gasteiger partial charge in [-0.1, -0.05) is 37.6 Å². The van der Waals surface area contributed by atoms with Crippen LogP contribution in [0.1, 0.15) is 27.2 Å². The van der Waals surface area contributed by atoms with Crippen LogP contribution in [0.15, 0.2) is 35.5 Å². The Morgan fingerprint density at radius 2 is 2.07 bits per heavy atom. The van der Waals surface area contributed by atoms with E-state index in [-0.39, 0.29) is 0 Å². The van der Waals surface area contributed by atoms with Crippen LogP contribution in [0.2, 0.25) is 0 Å². The van der Waals surface area contributed by atoms with E-state index in [2.05, 4.69) is 12.0 Å². The third kappa shape index (κ3) is 6.36. The first-order chi connectivity index (χ1) is 7.26. The average molecular weight is 199 g/mol. The van der Waals surface area contributed by atoms with Crippen LogP contribution >= 0.6 is 0 Å². The van der Waals surface area contributed by atoms with Gasteiger partial charge in [0.15, 0.2) is 0 Å². The van der Waals surface area contributed by atoms with Gasteiger partial charge in [-0.25, -0.2) is 0 Å². The molecule has 0 atom stereocenters. The predicted octanol–water partition coefficient (Wildman–Crippen LogP) is 3.62. The highest BCUT2D eigenvalue weighted by atomic mass is 14.2. The zero-order valence-electron chi connectivity index (χ0n) is 9.62. The first-order valence-corrected chi connectivity index (χ1v) is 5.17. The molecule has 0 amide bonds. The Balaban J connectivity index is 0.000000921. The van der Waals surface area contributed by atoms with E-state index in [0.29, 0.717) is 17.9 Å². The van der Waals surface area contributed by atoms with Crippen molar-refractivity contribution in [3.63, 3.8) is 0 Å². The molecule has 0 radical (unpaired) electrons. The van der Waals surface area contributed by atoms with Crippen molar-refractivity contribution in [3.8, 4) is 18.4 Å². The van der Waals surface area contributed by atoms with Crippen molar-refractivity contribution in [1.29, 1.82) is 5.26 Å². The van der Waals surface area contributed by atoms with E-state index in [1.807, 2.05) is 45.1 Å². The largest absolute Gasteiger partial charge is 0.192 e. The number of nitriles is 1. The Morgan fingerprint density at radius 3 is 2.47 bits per heavy atom. The van der Waals surface area contributed by atoms with Crippen molar-refractivity contribution < 1.29 is 0 Å². The molecule has 1 aliphatic rings. The van der Waals surface area contributed by atoms with Gasteiger partial charge in [0.25, 0.3) is 0 Å². The van der Waals surface area contributed by atoms with Crippen LogP contribution in [0, 0.1) is 29.6 Å². The van der Waals surface area contributed by atoms with Crippen molar-refractivity contribution in [3.05, 3.63) is 35.5 Å². The van der Waals surface area contributed by atoms with Crippen LogP contribution in [0.4, 0.5) is 0 Å². The Labute approximate surface area is 92.8 Å². The lowest BCUT2D eigenvalue weighted by molar-refractivity contribution is 1.21. The molecule has 0 fully saturated rings. The van der Waals surface area contributed by atoms with Gasteiger partial charge in [-0.2, -0.15) is 5.26 Å². The second-order valence-corrected chi connectivity index (χ2v) is 3.07. The van der Waals surface area contributed by atoms with E-state index in [1.54, 1.807) is 0 Å². The topological polar surface area (TPSA) is 23.8 Å². The van der Waals surface area contributed by atoms with Crippen LogP contribution in [-0.2, 0) is 0 Å². The summed E-state index contributed by atoms with van der Waals surface area (Å²) < 4.78 is 0. The third-order valence-electron chi connectivity index (χ3n) is 1.70. The average Bonchev–Trinajstić information content (AvgIpc) is 3.04. The van der Waals surface area contributed by atoms with Crippen LogP contribution in [0.25, 0.3) is 0 Å². The number of terminal acetylenes is 1. The first kappa shape index (κ1) is 13.3. The Bertz CT molecular complexity index is 350. The van der Waals surface area contributed by atoms with Gasteiger partial charge in [-0.15, -0.1) is 12.3 Å². The zero-order valence-corrected chi connectivity index (χ0v) is 9.62. The lowest BCUT2D eigenvalue weighted by Gasteiger charge is -1.93. The number of allylic oxidation sites excluding steroid dienone is 6. The standard InChI is InChI=1S/C12H11N.C2H6/c1-3-4-10(2)7-12(9-13)8-11-5-6-11;1-2/h1,5-8,11H,4H2,2H3;1-2H3/b10-7+,12-8+;. The maximum Gasteiger partial charge on any atom is 0.0988 e. The van der Waals surface area contributed by atoms with Crippen molar-refractivity contribution in [2.75, 3.05) is 0 Å². The maximum absolute atomic E-state index is 8.78. The van der Waals surface area contributed by atoms with Gasteiger partial charge >= 0.3 is 0 Å². The molecular formula is C14H17N. The fourth-order valence-electron chi connectivity index (χ4n) is 0.978. The van der Waals surface area contributed by atoms with E-state index >= 15 is 0 Å². The summed E-state index contributed by atoms with van der Waals surface area (Å²) in [4.78, 5) is 0. The molecule has 0 unspecified atom stereocenters. The highest BCUT2D eigenvalue weighted by molar-refractivity contribution is 5.40. The van der Waals surface area contributed by atoms with Gasteiger partial charge < -0.3 is 0 Å². The molecule has 1 rings (SSSR count). The molecule has 0 aromatic carbocycles. The molecule has 0 saturated heterocycles. The maximum atomic E-state index is 8.78. The molecule has 1 nitrogen and oxygen atoms in total. The van der Waals surface area contributed by atoms with Crippen molar-refractivity contribution in [1.82, 2.24) is 0 Å². The molecular weight excluding hydrogens is 182 g/mol. The van der Waals surface area contributed by atoms with Gasteiger partial charge in [-0.05, 0) is 13.0 Å². The van der Waals surface area contributed by atoms with Gasteiger partial charge in [0.1, 0.15) is 0 Å². The summed E-state index contributed by atoms with van der Waals surface area (Å²) >= 11 is 0. The predicted molar refractivity (Wildman–Crippen MR) is 64.9 cm³/mol. The Hall–Kier alpha value is -1.73. The molecule has 1 heteroatoms. The molecule has 0 N–H and O–H groups in total. The molecule has 0 aromatic heterocycles. The van der Waals surface area contributed by atoms with Crippen LogP contribution in [0.3, 0.4) is 0 Å². The van der Waals surface area contributed by atoms with Gasteiger partial charge in [-0.3, -0.25) is 0 Å². The number of rotatable bonds is 3. The third-order valence-corrected chi connectivity index (χ3v) is 1.70. The summed E-state index contributed by atoms with van der Waals surface area (Å²) in [5.41, 5.74) is 1.75. The molecule has 1 aliphatic carbocycles. The molecule has 0 aromatic rings. The fourth-order valence-corrected chi connectivity index (χ4v) is 0.978. The summed E-state index contributed by atoms with van der Waals surface area (Å²) in [5.74, 6) is 2.94. The van der Waals surface area contributed by atoms with Crippen LogP contribution in [0.5, 0.6) is 0 Å². The summed E-state index contributed by atoms with van der Waals surface area (Å²) in [6.45, 7) is 5.94. The number of hydrogen-bond donors (Lipinski definition) is 0. The van der Waals surface area contributed by atoms with E-state index in [9.17, 15) is 0 Å². The minimum absolute atomic E-state index is 0.393. The molecule has 0 spiro atoms. The normalized spacial score (nSPS) is 14.7. The minimum atomic E-state index is 0.393.